The summed E-state index contributed by atoms with van der Waals surface area (Å²) in [5, 5.41) is 0. The van der Waals surface area contributed by atoms with E-state index in [-0.39, 0.29) is 5.75 Å². The van der Waals surface area contributed by atoms with E-state index < -0.39 is 14.9 Å². The third-order valence-electron chi connectivity index (χ3n) is 1.33. The third kappa shape index (κ3) is 3.77. The minimum Gasteiger partial charge on any atom is -0.251 e. The van der Waals surface area contributed by atoms with Crippen molar-refractivity contribution in [2.75, 3.05) is 0 Å². The topological polar surface area (TPSA) is 57.5 Å². The molecule has 0 radical (unpaired) electrons. The number of hydrogen-bond donors (Lipinski definition) is 2. The lowest BCUT2D eigenvalue weighted by Gasteiger charge is -1.90. The molecule has 0 spiro atoms. The Morgan fingerprint density at radius 1 is 1.38 bits per heavy atom. The first-order valence-corrected chi connectivity index (χ1v) is 6.33. The second kappa shape index (κ2) is 4.10. The Morgan fingerprint density at radius 2 is 2.00 bits per heavy atom. The van der Waals surface area contributed by atoms with Crippen LogP contribution < -0.4 is 0 Å². The molecule has 0 saturated heterocycles. The molecule has 0 aliphatic heterocycles. The van der Waals surface area contributed by atoms with Gasteiger partial charge in [-0.3, -0.25) is 9.11 Å². The van der Waals surface area contributed by atoms with E-state index in [0.717, 1.165) is 0 Å². The zero-order chi connectivity index (χ0) is 9.90. The van der Waals surface area contributed by atoms with Gasteiger partial charge >= 0.3 is 9.05 Å². The normalized spacial score (nSPS) is 11.3. The van der Waals surface area contributed by atoms with Crippen molar-refractivity contribution in [1.29, 1.82) is 0 Å². The molecule has 1 aromatic carbocycles. The van der Waals surface area contributed by atoms with Crippen LogP contribution in [0.3, 0.4) is 0 Å². The summed E-state index contributed by atoms with van der Waals surface area (Å²) < 4.78 is 40.3. The average Bonchev–Trinajstić information content (AvgIpc) is 2.01. The van der Waals surface area contributed by atoms with Crippen LogP contribution in [-0.2, 0) is 25.1 Å². The second-order valence-corrected chi connectivity index (χ2v) is 5.73. The maximum absolute atomic E-state index is 12.9. The van der Waals surface area contributed by atoms with E-state index in [4.69, 9.17) is 9.11 Å². The lowest BCUT2D eigenvalue weighted by atomic mass is 10.2. The lowest BCUT2D eigenvalue weighted by Crippen LogP contribution is -1.98. The Bertz CT molecular complexity index is 402. The third-order valence-corrected chi connectivity index (χ3v) is 3.34. The number of hydrogen-bond acceptors (Lipinski definition) is 1. The van der Waals surface area contributed by atoms with Crippen LogP contribution in [0.1, 0.15) is 5.56 Å². The van der Waals surface area contributed by atoms with Crippen molar-refractivity contribution in [3.8, 4) is 0 Å². The summed E-state index contributed by atoms with van der Waals surface area (Å²) in [6.45, 7) is 0. The van der Waals surface area contributed by atoms with Crippen LogP contribution in [0.5, 0.6) is 0 Å². The molecule has 0 aromatic heterocycles. The SMILES string of the molecule is O=S(O)(O)=[S+]Cc1ccccc1F. The standard InChI is InChI=1S/C7H7FO3S2/c8-7-4-2-1-3-6(7)5-12-13(9,10)11/h1-4H,5H2,(H-,9,10,11)/p+1. The quantitative estimate of drug-likeness (QED) is 0.748. The molecule has 0 aliphatic rings. The van der Waals surface area contributed by atoms with Crippen molar-refractivity contribution in [3.63, 3.8) is 0 Å². The summed E-state index contributed by atoms with van der Waals surface area (Å²) >= 11 is 0. The van der Waals surface area contributed by atoms with E-state index in [1.165, 1.54) is 18.2 Å². The Kier molecular flexibility index (Phi) is 3.32. The smallest absolute Gasteiger partial charge is 0.251 e. The van der Waals surface area contributed by atoms with Gasteiger partial charge in [-0.05, 0) is 6.07 Å². The number of rotatable bonds is 2. The van der Waals surface area contributed by atoms with E-state index >= 15 is 0 Å². The molecule has 0 amide bonds. The monoisotopic (exact) mass is 223 g/mol. The zero-order valence-corrected chi connectivity index (χ0v) is 8.15. The highest BCUT2D eigenvalue weighted by molar-refractivity contribution is 8.33. The molecule has 1 rings (SSSR count). The zero-order valence-electron chi connectivity index (χ0n) is 6.51. The van der Waals surface area contributed by atoms with E-state index in [0.29, 0.717) is 15.9 Å². The second-order valence-electron chi connectivity index (χ2n) is 2.30. The van der Waals surface area contributed by atoms with Crippen molar-refractivity contribution in [2.45, 2.75) is 5.75 Å². The largest absolute Gasteiger partial charge is 0.430 e. The van der Waals surface area contributed by atoms with Crippen LogP contribution in [-0.4, -0.2) is 13.3 Å². The Balaban J connectivity index is 2.88. The van der Waals surface area contributed by atoms with Gasteiger partial charge in [-0.15, -0.1) is 0 Å². The fourth-order valence-corrected chi connectivity index (χ4v) is 2.11. The Morgan fingerprint density at radius 3 is 2.54 bits per heavy atom. The van der Waals surface area contributed by atoms with Crippen LogP contribution in [0.25, 0.3) is 0 Å². The molecule has 3 nitrogen and oxygen atoms in total. The van der Waals surface area contributed by atoms with Crippen molar-refractivity contribution < 1.29 is 17.7 Å². The summed E-state index contributed by atoms with van der Waals surface area (Å²) in [7, 11) is -3.44. The fourth-order valence-electron chi connectivity index (χ4n) is 0.756. The summed E-state index contributed by atoms with van der Waals surface area (Å²) in [6, 6.07) is 5.90. The first kappa shape index (κ1) is 10.5. The predicted octanol–water partition coefficient (Wildman–Crippen LogP) is 1.55. The molecular weight excluding hydrogens is 215 g/mol. The maximum Gasteiger partial charge on any atom is 0.430 e. The molecule has 0 atom stereocenters. The van der Waals surface area contributed by atoms with Crippen molar-refractivity contribution in [3.05, 3.63) is 35.6 Å². The molecule has 2 N–H and O–H groups in total. The van der Waals surface area contributed by atoms with Gasteiger partial charge in [-0.2, -0.15) is 4.21 Å². The summed E-state index contributed by atoms with van der Waals surface area (Å²) in [5.41, 5.74) is 0.295. The molecule has 0 heterocycles. The molecule has 13 heavy (non-hydrogen) atoms. The fraction of sp³-hybridized carbons (Fsp3) is 0.143. The van der Waals surface area contributed by atoms with Crippen molar-refractivity contribution in [2.24, 2.45) is 0 Å². The van der Waals surface area contributed by atoms with Gasteiger partial charge in [-0.25, -0.2) is 4.39 Å². The van der Waals surface area contributed by atoms with Crippen molar-refractivity contribution in [1.82, 2.24) is 0 Å². The van der Waals surface area contributed by atoms with Gasteiger partial charge in [0.2, 0.25) is 5.75 Å². The average molecular weight is 223 g/mol. The molecule has 0 fully saturated rings. The molecule has 72 valence electrons. The van der Waals surface area contributed by atoms with Gasteiger partial charge in [0.25, 0.3) is 10.3 Å². The highest BCUT2D eigenvalue weighted by Crippen LogP contribution is 2.06. The van der Waals surface area contributed by atoms with Crippen molar-refractivity contribution >= 4 is 19.4 Å². The van der Waals surface area contributed by atoms with Gasteiger partial charge in [0.05, 0.1) is 0 Å². The minimum atomic E-state index is -3.84. The first-order chi connectivity index (χ1) is 5.99. The van der Waals surface area contributed by atoms with E-state index in [9.17, 15) is 8.60 Å². The van der Waals surface area contributed by atoms with Crippen LogP contribution in [0.4, 0.5) is 4.39 Å². The van der Waals surface area contributed by atoms with Gasteiger partial charge in [0, 0.05) is 5.56 Å². The molecule has 6 heteroatoms. The molecule has 1 aromatic rings. The van der Waals surface area contributed by atoms with Gasteiger partial charge in [0.15, 0.2) is 0 Å². The van der Waals surface area contributed by atoms with Gasteiger partial charge in [0.1, 0.15) is 5.82 Å². The van der Waals surface area contributed by atoms with Crippen LogP contribution in [0.2, 0.25) is 0 Å². The molecule has 0 unspecified atom stereocenters. The summed E-state index contributed by atoms with van der Waals surface area (Å²) in [4.78, 5) is 0. The highest BCUT2D eigenvalue weighted by Gasteiger charge is 2.12. The molecular formula is C7H8FO3S2+. The van der Waals surface area contributed by atoms with E-state index in [1.807, 2.05) is 0 Å². The lowest BCUT2D eigenvalue weighted by molar-refractivity contribution is 0.450. The van der Waals surface area contributed by atoms with Gasteiger partial charge in [-0.1, -0.05) is 18.2 Å². The highest BCUT2D eigenvalue weighted by atomic mass is 32.9. The first-order valence-electron chi connectivity index (χ1n) is 3.36. The Hall–Kier alpha value is -0.560. The van der Waals surface area contributed by atoms with Gasteiger partial charge < -0.3 is 0 Å². The van der Waals surface area contributed by atoms with Crippen LogP contribution in [0.15, 0.2) is 24.3 Å². The minimum absolute atomic E-state index is 0.0293. The van der Waals surface area contributed by atoms with Crippen LogP contribution >= 0.6 is 0 Å². The molecule has 0 bridgehead atoms. The predicted molar refractivity (Wildman–Crippen MR) is 50.9 cm³/mol. The molecule has 0 aliphatic carbocycles. The summed E-state index contributed by atoms with van der Waals surface area (Å²) in [6.07, 6.45) is 0. The molecule has 0 saturated carbocycles. The number of benzene rings is 1. The van der Waals surface area contributed by atoms with E-state index in [1.54, 1.807) is 6.07 Å². The van der Waals surface area contributed by atoms with E-state index in [2.05, 4.69) is 0 Å². The Labute approximate surface area is 78.9 Å². The summed E-state index contributed by atoms with van der Waals surface area (Å²) in [5.74, 6) is -0.475. The van der Waals surface area contributed by atoms with Crippen LogP contribution in [0, 0.1) is 5.82 Å². The maximum atomic E-state index is 12.9. The number of halogens is 1.